The Bertz CT molecular complexity index is 155. The van der Waals surface area contributed by atoms with Gasteiger partial charge in [0, 0.05) is 1.43 Å². The maximum Gasteiger partial charge on any atom is 0.124 e. The molecule has 0 bridgehead atoms. The number of aromatic nitrogens is 2. The van der Waals surface area contributed by atoms with E-state index < -0.39 is 0 Å². The number of rotatable bonds is 0. The first-order valence-corrected chi connectivity index (χ1v) is 3.50. The molecule has 8 heavy (non-hydrogen) atoms. The summed E-state index contributed by atoms with van der Waals surface area (Å²) in [4.78, 5) is 7.77. The summed E-state index contributed by atoms with van der Waals surface area (Å²) in [7, 11) is 0. The summed E-state index contributed by atoms with van der Waals surface area (Å²) >= 11 is 6.30. The van der Waals surface area contributed by atoms with Crippen LogP contribution in [0.4, 0.5) is 0 Å². The van der Waals surface area contributed by atoms with Gasteiger partial charge in [0.1, 0.15) is 9.21 Å². The van der Waals surface area contributed by atoms with Crippen molar-refractivity contribution >= 4 is 31.9 Å². The van der Waals surface area contributed by atoms with Crippen molar-refractivity contribution < 1.29 is 1.43 Å². The van der Waals surface area contributed by atoms with Crippen LogP contribution in [0.15, 0.2) is 21.6 Å². The van der Waals surface area contributed by atoms with Gasteiger partial charge in [0.2, 0.25) is 0 Å². The molecule has 44 valence electrons. The zero-order valence-electron chi connectivity index (χ0n) is 3.81. The van der Waals surface area contributed by atoms with Crippen molar-refractivity contribution in [3.63, 3.8) is 0 Å². The lowest BCUT2D eigenvalue weighted by Gasteiger charge is -1.85. The van der Waals surface area contributed by atoms with E-state index in [0.717, 1.165) is 9.21 Å². The average molecular weight is 240 g/mol. The van der Waals surface area contributed by atoms with Crippen molar-refractivity contribution in [3.05, 3.63) is 21.6 Å². The van der Waals surface area contributed by atoms with Gasteiger partial charge in [0.15, 0.2) is 0 Å². The highest BCUT2D eigenvalue weighted by Crippen LogP contribution is 2.06. The molecule has 0 amide bonds. The predicted molar refractivity (Wildman–Crippen MR) is 39.5 cm³/mol. The minimum Gasteiger partial charge on any atom is -0.245 e. The largest absolute Gasteiger partial charge is 0.245 e. The van der Waals surface area contributed by atoms with Crippen molar-refractivity contribution in [2.24, 2.45) is 0 Å². The van der Waals surface area contributed by atoms with E-state index in [1.165, 1.54) is 0 Å². The van der Waals surface area contributed by atoms with Crippen LogP contribution in [0.3, 0.4) is 0 Å². The minimum absolute atomic E-state index is 0. The third kappa shape index (κ3) is 1.52. The van der Waals surface area contributed by atoms with Crippen molar-refractivity contribution in [2.45, 2.75) is 0 Å². The summed E-state index contributed by atoms with van der Waals surface area (Å²) in [5.74, 6) is 0. The summed E-state index contributed by atoms with van der Waals surface area (Å²) < 4.78 is 1.50. The lowest BCUT2D eigenvalue weighted by atomic mass is 10.8. The van der Waals surface area contributed by atoms with Crippen molar-refractivity contribution in [3.8, 4) is 0 Å². The van der Waals surface area contributed by atoms with Gasteiger partial charge in [-0.05, 0) is 31.9 Å². The number of halogens is 2. The van der Waals surface area contributed by atoms with Crippen LogP contribution in [0, 0.1) is 0 Å². The normalized spacial score (nSPS) is 9.25. The molecular formula is C4H4Br2N2. The topological polar surface area (TPSA) is 25.8 Å². The Morgan fingerprint density at radius 3 is 1.75 bits per heavy atom. The molecule has 0 aliphatic carbocycles. The standard InChI is InChI=1S/C4H2Br2N2.H2/c5-3-1-7-4(6)2-8-3;/h1-2H;1H. The Balaban J connectivity index is 0.000000640. The SMILES string of the molecule is Brc1cnc(Br)cn1.[HH]. The monoisotopic (exact) mass is 238 g/mol. The van der Waals surface area contributed by atoms with Gasteiger partial charge < -0.3 is 0 Å². The lowest BCUT2D eigenvalue weighted by Crippen LogP contribution is -1.76. The second kappa shape index (κ2) is 2.55. The zero-order chi connectivity index (χ0) is 5.98. The molecule has 1 aromatic rings. The molecule has 2 nitrogen and oxygen atoms in total. The van der Waals surface area contributed by atoms with E-state index in [1.54, 1.807) is 12.4 Å². The van der Waals surface area contributed by atoms with Crippen LogP contribution in [0.1, 0.15) is 1.43 Å². The minimum atomic E-state index is 0. The molecule has 0 radical (unpaired) electrons. The third-order valence-corrected chi connectivity index (χ3v) is 1.41. The summed E-state index contributed by atoms with van der Waals surface area (Å²) in [5, 5.41) is 0. The highest BCUT2D eigenvalue weighted by Gasteiger charge is 1.85. The first-order chi connectivity index (χ1) is 3.79. The summed E-state index contributed by atoms with van der Waals surface area (Å²) in [6.07, 6.45) is 3.26. The van der Waals surface area contributed by atoms with Gasteiger partial charge in [-0.1, -0.05) is 0 Å². The molecular weight excluding hydrogens is 236 g/mol. The van der Waals surface area contributed by atoms with E-state index in [1.807, 2.05) is 0 Å². The maximum atomic E-state index is 3.89. The number of hydrogen-bond acceptors (Lipinski definition) is 2. The van der Waals surface area contributed by atoms with Crippen LogP contribution < -0.4 is 0 Å². The van der Waals surface area contributed by atoms with Gasteiger partial charge in [-0.2, -0.15) is 0 Å². The molecule has 0 saturated carbocycles. The van der Waals surface area contributed by atoms with Gasteiger partial charge in [-0.15, -0.1) is 0 Å². The quantitative estimate of drug-likeness (QED) is 0.694. The maximum absolute atomic E-state index is 3.89. The van der Waals surface area contributed by atoms with E-state index in [0.29, 0.717) is 0 Å². The fourth-order valence-electron chi connectivity index (χ4n) is 0.297. The fourth-order valence-corrected chi connectivity index (χ4v) is 0.706. The van der Waals surface area contributed by atoms with Gasteiger partial charge in [-0.25, -0.2) is 9.97 Å². The summed E-state index contributed by atoms with van der Waals surface area (Å²) in [6, 6.07) is 0. The van der Waals surface area contributed by atoms with Crippen LogP contribution >= 0.6 is 31.9 Å². The zero-order valence-corrected chi connectivity index (χ0v) is 6.98. The smallest absolute Gasteiger partial charge is 0.124 e. The van der Waals surface area contributed by atoms with E-state index in [9.17, 15) is 0 Å². The van der Waals surface area contributed by atoms with Crippen LogP contribution in [0.5, 0.6) is 0 Å². The molecule has 1 aromatic heterocycles. The second-order valence-corrected chi connectivity index (χ2v) is 2.79. The highest BCUT2D eigenvalue weighted by atomic mass is 79.9. The number of nitrogens with zero attached hydrogens (tertiary/aromatic N) is 2. The average Bonchev–Trinajstić information content (AvgIpc) is 1.77. The second-order valence-electron chi connectivity index (χ2n) is 1.16. The van der Waals surface area contributed by atoms with E-state index in [2.05, 4.69) is 41.8 Å². The van der Waals surface area contributed by atoms with Crippen LogP contribution in [0.2, 0.25) is 0 Å². The molecule has 1 rings (SSSR count). The molecule has 0 unspecified atom stereocenters. The molecule has 0 saturated heterocycles. The molecule has 1 heterocycles. The van der Waals surface area contributed by atoms with E-state index >= 15 is 0 Å². The van der Waals surface area contributed by atoms with Crippen LogP contribution in [0.25, 0.3) is 0 Å². The first-order valence-electron chi connectivity index (χ1n) is 1.92. The van der Waals surface area contributed by atoms with Crippen molar-refractivity contribution in [2.75, 3.05) is 0 Å². The van der Waals surface area contributed by atoms with E-state index in [4.69, 9.17) is 0 Å². The van der Waals surface area contributed by atoms with Crippen molar-refractivity contribution in [1.29, 1.82) is 0 Å². The summed E-state index contributed by atoms with van der Waals surface area (Å²) in [5.41, 5.74) is 0. The van der Waals surface area contributed by atoms with Gasteiger partial charge in [-0.3, -0.25) is 0 Å². The van der Waals surface area contributed by atoms with Crippen LogP contribution in [-0.2, 0) is 0 Å². The predicted octanol–water partition coefficient (Wildman–Crippen LogP) is 2.25. The van der Waals surface area contributed by atoms with Gasteiger partial charge in [0.05, 0.1) is 12.4 Å². The van der Waals surface area contributed by atoms with Crippen LogP contribution in [-0.4, -0.2) is 9.97 Å². The molecule has 0 aliphatic heterocycles. The Hall–Kier alpha value is 0.0400. The van der Waals surface area contributed by atoms with Gasteiger partial charge >= 0.3 is 0 Å². The number of hydrogen-bond donors (Lipinski definition) is 0. The Kier molecular flexibility index (Phi) is 1.96. The Labute approximate surface area is 65.1 Å². The molecule has 0 atom stereocenters. The van der Waals surface area contributed by atoms with Crippen molar-refractivity contribution in [1.82, 2.24) is 9.97 Å². The Morgan fingerprint density at radius 1 is 1.12 bits per heavy atom. The third-order valence-electron chi connectivity index (χ3n) is 0.589. The Morgan fingerprint density at radius 2 is 1.50 bits per heavy atom. The molecule has 0 N–H and O–H groups in total. The highest BCUT2D eigenvalue weighted by molar-refractivity contribution is 9.10. The van der Waals surface area contributed by atoms with Gasteiger partial charge in [0.25, 0.3) is 0 Å². The molecule has 0 aromatic carbocycles. The molecule has 0 spiro atoms. The molecule has 0 fully saturated rings. The fraction of sp³-hybridized carbons (Fsp3) is 0. The first kappa shape index (κ1) is 6.16. The molecule has 4 heteroatoms. The molecule has 0 aliphatic rings. The van der Waals surface area contributed by atoms with E-state index in [-0.39, 0.29) is 1.43 Å². The summed E-state index contributed by atoms with van der Waals surface area (Å²) in [6.45, 7) is 0. The lowest BCUT2D eigenvalue weighted by molar-refractivity contribution is 1.13.